The van der Waals surface area contributed by atoms with Crippen LogP contribution in [0.4, 0.5) is 0 Å². The highest BCUT2D eigenvalue weighted by Crippen LogP contribution is 2.10. The van der Waals surface area contributed by atoms with E-state index >= 15 is 0 Å². The molecule has 0 aromatic heterocycles. The van der Waals surface area contributed by atoms with Crippen molar-refractivity contribution in [3.63, 3.8) is 0 Å². The molecule has 19 heavy (non-hydrogen) atoms. The summed E-state index contributed by atoms with van der Waals surface area (Å²) >= 11 is 0. The first-order valence-electron chi connectivity index (χ1n) is 7.74. The fourth-order valence-electron chi connectivity index (χ4n) is 2.01. The van der Waals surface area contributed by atoms with E-state index in [1.165, 1.54) is 77.2 Å². The normalized spacial score (nSPS) is 9.79. The van der Waals surface area contributed by atoms with Crippen molar-refractivity contribution in [2.45, 2.75) is 77.6 Å². The van der Waals surface area contributed by atoms with Crippen LogP contribution in [0, 0.1) is 15.3 Å². The molecule has 0 saturated carbocycles. The zero-order valence-corrected chi connectivity index (χ0v) is 12.7. The molecule has 0 heterocycles. The van der Waals surface area contributed by atoms with E-state index in [0.717, 1.165) is 0 Å². The summed E-state index contributed by atoms with van der Waals surface area (Å²) in [6, 6.07) is 0. The minimum absolute atomic E-state index is 1.32. The van der Waals surface area contributed by atoms with Crippen molar-refractivity contribution in [1.29, 1.82) is 0 Å². The predicted molar refractivity (Wildman–Crippen MR) is 79.5 cm³/mol. The maximum Gasteiger partial charge on any atom is 0.0753 e. The Morgan fingerprint density at radius 3 is 1.42 bits per heavy atom. The van der Waals surface area contributed by atoms with Crippen LogP contribution in [-0.4, -0.2) is 18.7 Å². The van der Waals surface area contributed by atoms with E-state index in [1.807, 2.05) is 0 Å². The first-order chi connectivity index (χ1) is 9.15. The third kappa shape index (κ3) is 31.7. The molecule has 0 spiro atoms. The van der Waals surface area contributed by atoms with Crippen molar-refractivity contribution in [1.82, 2.24) is 0 Å². The van der Waals surface area contributed by atoms with E-state index in [1.54, 1.807) is 0 Å². The van der Waals surface area contributed by atoms with E-state index in [2.05, 4.69) is 19.3 Å². The van der Waals surface area contributed by atoms with E-state index in [4.69, 9.17) is 15.3 Å². The van der Waals surface area contributed by atoms with Crippen molar-refractivity contribution in [2.24, 2.45) is 0 Å². The average molecular weight is 276 g/mol. The van der Waals surface area contributed by atoms with Gasteiger partial charge in [0.1, 0.15) is 0 Å². The van der Waals surface area contributed by atoms with Crippen LogP contribution >= 0.6 is 0 Å². The highest BCUT2D eigenvalue weighted by atomic mass is 16.9. The van der Waals surface area contributed by atoms with Crippen LogP contribution in [0.2, 0.25) is 0 Å². The van der Waals surface area contributed by atoms with Gasteiger partial charge in [0.25, 0.3) is 0 Å². The lowest BCUT2D eigenvalue weighted by atomic mass is 10.1. The van der Waals surface area contributed by atoms with Gasteiger partial charge in [-0.1, -0.05) is 64.7 Å². The quantitative estimate of drug-likeness (QED) is 0.337. The number of nitrogens with two attached hydrogens (primary N) is 1. The summed E-state index contributed by atoms with van der Waals surface area (Å²) in [6.45, 7) is 3.60. The number of nitrogens with zero attached hydrogens (tertiary/aromatic N) is 1. The molecule has 0 aromatic rings. The fourth-order valence-corrected chi connectivity index (χ4v) is 2.01. The second-order valence-corrected chi connectivity index (χ2v) is 4.96. The first-order valence-corrected chi connectivity index (χ1v) is 7.74. The summed E-state index contributed by atoms with van der Waals surface area (Å²) in [4.78, 5) is 8.25. The lowest BCUT2D eigenvalue weighted by Crippen LogP contribution is -2.79. The topological polar surface area (TPSA) is 82.8 Å². The first kappa shape index (κ1) is 20.5. The molecular weight excluding hydrogens is 244 g/mol. The molecule has 0 unspecified atom stereocenters. The Morgan fingerprint density at radius 1 is 0.789 bits per heavy atom. The number of rotatable bonds is 12. The van der Waals surface area contributed by atoms with E-state index < -0.39 is 5.09 Å². The van der Waals surface area contributed by atoms with Crippen molar-refractivity contribution in [2.75, 3.05) is 13.6 Å². The smallest absolute Gasteiger partial charge is 0.0753 e. The standard InChI is InChI=1S/C14H31N.NO3/c1-3-4-5-6-7-8-9-10-11-12-13-14-15-2;2-1(3)4/h15H,3-14H2,1-2H3;/q;-1/p+1. The van der Waals surface area contributed by atoms with Gasteiger partial charge in [-0.15, -0.1) is 0 Å². The third-order valence-corrected chi connectivity index (χ3v) is 3.10. The summed E-state index contributed by atoms with van der Waals surface area (Å²) in [6.07, 6.45) is 15.9. The molecule has 0 bridgehead atoms. The molecule has 0 aliphatic rings. The molecular formula is C14H32N2O3. The predicted octanol–water partition coefficient (Wildman–Crippen LogP) is 3.25. The summed E-state index contributed by atoms with van der Waals surface area (Å²) in [7, 11) is 2.16. The van der Waals surface area contributed by atoms with Gasteiger partial charge in [-0.05, 0) is 12.8 Å². The van der Waals surface area contributed by atoms with Gasteiger partial charge >= 0.3 is 0 Å². The van der Waals surface area contributed by atoms with E-state index in [-0.39, 0.29) is 0 Å². The number of hydrogen-bond donors (Lipinski definition) is 1. The Balaban J connectivity index is 0. The van der Waals surface area contributed by atoms with Gasteiger partial charge in [-0.25, -0.2) is 0 Å². The van der Waals surface area contributed by atoms with Crippen molar-refractivity contribution < 1.29 is 10.4 Å². The minimum Gasteiger partial charge on any atom is -0.356 e. The molecule has 5 nitrogen and oxygen atoms in total. The van der Waals surface area contributed by atoms with Crippen LogP contribution in [0.3, 0.4) is 0 Å². The van der Waals surface area contributed by atoms with Crippen LogP contribution in [0.5, 0.6) is 0 Å². The molecule has 0 radical (unpaired) electrons. The summed E-state index contributed by atoms with van der Waals surface area (Å²) < 4.78 is 0. The van der Waals surface area contributed by atoms with E-state index in [0.29, 0.717) is 0 Å². The molecule has 0 atom stereocenters. The Morgan fingerprint density at radius 2 is 1.11 bits per heavy atom. The Labute approximate surface area is 117 Å². The van der Waals surface area contributed by atoms with Crippen LogP contribution in [-0.2, 0) is 0 Å². The number of unbranched alkanes of at least 4 members (excludes halogenated alkanes) is 10. The highest BCUT2D eigenvalue weighted by Gasteiger charge is 1.92. The Hall–Kier alpha value is -0.840. The second-order valence-electron chi connectivity index (χ2n) is 4.96. The van der Waals surface area contributed by atoms with Crippen LogP contribution < -0.4 is 5.32 Å². The minimum atomic E-state index is -1.75. The SMILES string of the molecule is CCCCCCCCCCCCC[NH2+]C.O=[N+]([O-])[O-]. The van der Waals surface area contributed by atoms with Crippen LogP contribution in [0.25, 0.3) is 0 Å². The maximum atomic E-state index is 8.25. The van der Waals surface area contributed by atoms with Crippen LogP contribution in [0.1, 0.15) is 77.6 Å². The maximum absolute atomic E-state index is 8.25. The van der Waals surface area contributed by atoms with Gasteiger partial charge < -0.3 is 20.6 Å². The molecule has 0 aliphatic carbocycles. The van der Waals surface area contributed by atoms with Gasteiger partial charge in [0.05, 0.1) is 18.7 Å². The summed E-state index contributed by atoms with van der Waals surface area (Å²) in [5.41, 5.74) is 0. The molecule has 2 N–H and O–H groups in total. The third-order valence-electron chi connectivity index (χ3n) is 3.10. The van der Waals surface area contributed by atoms with Gasteiger partial charge in [0.2, 0.25) is 0 Å². The van der Waals surface area contributed by atoms with Crippen molar-refractivity contribution in [3.05, 3.63) is 15.3 Å². The van der Waals surface area contributed by atoms with Crippen LogP contribution in [0.15, 0.2) is 0 Å². The largest absolute Gasteiger partial charge is 0.356 e. The molecule has 116 valence electrons. The highest BCUT2D eigenvalue weighted by molar-refractivity contribution is 4.47. The molecule has 0 amide bonds. The van der Waals surface area contributed by atoms with Gasteiger partial charge in [0.15, 0.2) is 0 Å². The lowest BCUT2D eigenvalue weighted by Gasteiger charge is -2.01. The van der Waals surface area contributed by atoms with Gasteiger partial charge in [-0.2, -0.15) is 0 Å². The molecule has 0 saturated heterocycles. The summed E-state index contributed by atoms with van der Waals surface area (Å²) in [5.74, 6) is 0. The fraction of sp³-hybridized carbons (Fsp3) is 1.00. The van der Waals surface area contributed by atoms with Crippen molar-refractivity contribution >= 4 is 0 Å². The molecule has 0 fully saturated rings. The zero-order chi connectivity index (χ0) is 14.8. The van der Waals surface area contributed by atoms with E-state index in [9.17, 15) is 0 Å². The van der Waals surface area contributed by atoms with Gasteiger partial charge in [-0.3, -0.25) is 0 Å². The second kappa shape index (κ2) is 19.5. The Bertz CT molecular complexity index is 162. The Kier molecular flexibility index (Phi) is 21.0. The zero-order valence-electron chi connectivity index (χ0n) is 12.7. The number of hydrogen-bond acceptors (Lipinski definition) is 3. The molecule has 5 heteroatoms. The molecule has 0 aromatic carbocycles. The van der Waals surface area contributed by atoms with Gasteiger partial charge in [0, 0.05) is 0 Å². The summed E-state index contributed by atoms with van der Waals surface area (Å²) in [5, 5.41) is 17.0. The number of quaternary nitrogens is 1. The van der Waals surface area contributed by atoms with Crippen molar-refractivity contribution in [3.8, 4) is 0 Å². The monoisotopic (exact) mass is 276 g/mol. The molecule has 0 aliphatic heterocycles. The molecule has 0 rings (SSSR count). The lowest BCUT2D eigenvalue weighted by molar-refractivity contribution is -0.627. The average Bonchev–Trinajstić information content (AvgIpc) is 2.35.